The number of benzene rings is 1. The van der Waals surface area contributed by atoms with E-state index in [0.717, 1.165) is 0 Å². The number of nitrogens with one attached hydrogen (secondary N) is 1. The number of amides is 1. The van der Waals surface area contributed by atoms with Crippen LogP contribution in [-0.2, 0) is 4.79 Å². The Hall–Kier alpha value is -0.930. The highest BCUT2D eigenvalue weighted by molar-refractivity contribution is 6.37. The molecule has 2 aliphatic rings. The second-order valence-corrected chi connectivity index (χ2v) is 6.23. The number of anilines is 1. The van der Waals surface area contributed by atoms with E-state index in [1.807, 2.05) is 0 Å². The Morgan fingerprint density at radius 3 is 2.21 bits per heavy atom. The number of fused-ring (bicyclic) bond motifs is 1. The van der Waals surface area contributed by atoms with Gasteiger partial charge in [0, 0.05) is 11.6 Å². The maximum atomic E-state index is 12.2. The van der Waals surface area contributed by atoms with Crippen molar-refractivity contribution < 1.29 is 9.90 Å². The lowest BCUT2D eigenvalue weighted by atomic mass is 10.0. The predicted molar refractivity (Wildman–Crippen MR) is 75.7 cm³/mol. The number of phenolic OH excluding ortho intramolecular Hbond substituents is 1. The lowest BCUT2D eigenvalue weighted by Crippen LogP contribution is -2.15. The van der Waals surface area contributed by atoms with E-state index in [0.29, 0.717) is 17.5 Å². The summed E-state index contributed by atoms with van der Waals surface area (Å²) in [5.74, 6) is 1.18. The smallest absolute Gasteiger partial charge is 0.228 e. The fourth-order valence-electron chi connectivity index (χ4n) is 3.24. The summed E-state index contributed by atoms with van der Waals surface area (Å²) in [4.78, 5) is 12.2. The summed E-state index contributed by atoms with van der Waals surface area (Å²) < 4.78 is 0. The van der Waals surface area contributed by atoms with E-state index in [9.17, 15) is 9.90 Å². The number of aromatic hydroxyl groups is 1. The van der Waals surface area contributed by atoms with Gasteiger partial charge >= 0.3 is 0 Å². The SMILES string of the molecule is O=C(Nc1cc(Cl)c(O)c(Cl)c1)C1C2CCCCC21. The molecule has 0 heterocycles. The third kappa shape index (κ3) is 2.41. The van der Waals surface area contributed by atoms with Gasteiger partial charge in [0.1, 0.15) is 0 Å². The molecular formula is C14H15Cl2NO2. The van der Waals surface area contributed by atoms with Crippen LogP contribution in [0.4, 0.5) is 5.69 Å². The minimum Gasteiger partial charge on any atom is -0.505 e. The van der Waals surface area contributed by atoms with Crippen molar-refractivity contribution in [1.29, 1.82) is 0 Å². The van der Waals surface area contributed by atoms with Gasteiger partial charge in [-0.1, -0.05) is 36.0 Å². The molecule has 0 aliphatic heterocycles. The Morgan fingerprint density at radius 2 is 1.68 bits per heavy atom. The Balaban J connectivity index is 1.70. The molecule has 102 valence electrons. The van der Waals surface area contributed by atoms with Gasteiger partial charge in [-0.3, -0.25) is 4.79 Å². The first kappa shape index (κ1) is 13.1. The third-order valence-corrected chi connectivity index (χ3v) is 4.82. The van der Waals surface area contributed by atoms with Crippen LogP contribution < -0.4 is 5.32 Å². The number of halogens is 2. The number of hydrogen-bond donors (Lipinski definition) is 2. The normalized spacial score (nSPS) is 28.6. The van der Waals surface area contributed by atoms with E-state index in [1.165, 1.54) is 37.8 Å². The molecular weight excluding hydrogens is 285 g/mol. The molecule has 1 amide bonds. The quantitative estimate of drug-likeness (QED) is 0.809. The van der Waals surface area contributed by atoms with Crippen molar-refractivity contribution in [1.82, 2.24) is 0 Å². The molecule has 2 atom stereocenters. The predicted octanol–water partition coefficient (Wildman–Crippen LogP) is 4.07. The maximum Gasteiger partial charge on any atom is 0.228 e. The summed E-state index contributed by atoms with van der Waals surface area (Å²) in [6.45, 7) is 0. The summed E-state index contributed by atoms with van der Waals surface area (Å²) in [6.07, 6.45) is 4.81. The van der Waals surface area contributed by atoms with Crippen molar-refractivity contribution in [2.24, 2.45) is 17.8 Å². The minimum atomic E-state index is -0.151. The Kier molecular flexibility index (Phi) is 3.35. The summed E-state index contributed by atoms with van der Waals surface area (Å²) in [5, 5.41) is 12.6. The molecule has 1 aromatic carbocycles. The number of carbonyl (C=O) groups is 1. The molecule has 0 bridgehead atoms. The van der Waals surface area contributed by atoms with Crippen molar-refractivity contribution in [3.63, 3.8) is 0 Å². The first-order chi connectivity index (χ1) is 9.08. The molecule has 3 rings (SSSR count). The second-order valence-electron chi connectivity index (χ2n) is 5.42. The molecule has 1 aromatic rings. The Labute approximate surface area is 121 Å². The highest BCUT2D eigenvalue weighted by Crippen LogP contribution is 2.55. The molecule has 0 saturated heterocycles. The number of hydrogen-bond acceptors (Lipinski definition) is 2. The van der Waals surface area contributed by atoms with Gasteiger partial charge in [0.15, 0.2) is 5.75 Å². The first-order valence-electron chi connectivity index (χ1n) is 6.57. The van der Waals surface area contributed by atoms with E-state index >= 15 is 0 Å². The van der Waals surface area contributed by atoms with Crippen molar-refractivity contribution in [2.75, 3.05) is 5.32 Å². The fourth-order valence-corrected chi connectivity index (χ4v) is 3.73. The van der Waals surface area contributed by atoms with Crippen LogP contribution in [0.3, 0.4) is 0 Å². The van der Waals surface area contributed by atoms with Gasteiger partial charge in [0.25, 0.3) is 0 Å². The molecule has 0 aromatic heterocycles. The van der Waals surface area contributed by atoms with Gasteiger partial charge in [-0.05, 0) is 36.8 Å². The zero-order valence-corrected chi connectivity index (χ0v) is 11.8. The van der Waals surface area contributed by atoms with Crippen LogP contribution in [0, 0.1) is 17.8 Å². The molecule has 2 unspecified atom stereocenters. The van der Waals surface area contributed by atoms with Gasteiger partial charge < -0.3 is 10.4 Å². The lowest BCUT2D eigenvalue weighted by Gasteiger charge is -2.07. The molecule has 2 saturated carbocycles. The van der Waals surface area contributed by atoms with Crippen LogP contribution in [-0.4, -0.2) is 11.0 Å². The van der Waals surface area contributed by atoms with Crippen molar-refractivity contribution in [3.8, 4) is 5.75 Å². The molecule has 2 aliphatic carbocycles. The standard InChI is InChI=1S/C14H15Cl2NO2/c15-10-5-7(6-11(16)13(10)18)17-14(19)12-8-3-1-2-4-9(8)12/h5-6,8-9,12,18H,1-4H2,(H,17,19). The molecule has 0 radical (unpaired) electrons. The molecule has 2 N–H and O–H groups in total. The van der Waals surface area contributed by atoms with E-state index in [-0.39, 0.29) is 27.6 Å². The van der Waals surface area contributed by atoms with E-state index < -0.39 is 0 Å². The van der Waals surface area contributed by atoms with E-state index in [1.54, 1.807) is 0 Å². The lowest BCUT2D eigenvalue weighted by molar-refractivity contribution is -0.117. The largest absolute Gasteiger partial charge is 0.505 e. The highest BCUT2D eigenvalue weighted by Gasteiger charge is 2.54. The van der Waals surface area contributed by atoms with Gasteiger partial charge in [0.05, 0.1) is 10.0 Å². The second kappa shape index (κ2) is 4.88. The fraction of sp³-hybridized carbons (Fsp3) is 0.500. The number of carbonyl (C=O) groups excluding carboxylic acids is 1. The van der Waals surface area contributed by atoms with Crippen molar-refractivity contribution >= 4 is 34.8 Å². The van der Waals surface area contributed by atoms with Crippen LogP contribution >= 0.6 is 23.2 Å². The van der Waals surface area contributed by atoms with Crippen LogP contribution in [0.1, 0.15) is 25.7 Å². The van der Waals surface area contributed by atoms with Gasteiger partial charge in [-0.15, -0.1) is 0 Å². The topological polar surface area (TPSA) is 49.3 Å². The average Bonchev–Trinajstić information content (AvgIpc) is 3.10. The highest BCUT2D eigenvalue weighted by atomic mass is 35.5. The summed E-state index contributed by atoms with van der Waals surface area (Å²) >= 11 is 11.7. The summed E-state index contributed by atoms with van der Waals surface area (Å²) in [6, 6.07) is 3.04. The molecule has 2 fully saturated rings. The van der Waals surface area contributed by atoms with Crippen molar-refractivity contribution in [2.45, 2.75) is 25.7 Å². The molecule has 0 spiro atoms. The minimum absolute atomic E-state index is 0.0507. The van der Waals surface area contributed by atoms with Crippen LogP contribution in [0.15, 0.2) is 12.1 Å². The molecule has 19 heavy (non-hydrogen) atoms. The number of rotatable bonds is 2. The third-order valence-electron chi connectivity index (χ3n) is 4.24. The van der Waals surface area contributed by atoms with E-state index in [4.69, 9.17) is 23.2 Å². The Morgan fingerprint density at radius 1 is 1.16 bits per heavy atom. The zero-order chi connectivity index (χ0) is 13.6. The van der Waals surface area contributed by atoms with Gasteiger partial charge in [-0.2, -0.15) is 0 Å². The van der Waals surface area contributed by atoms with Gasteiger partial charge in [-0.25, -0.2) is 0 Å². The van der Waals surface area contributed by atoms with Crippen LogP contribution in [0.25, 0.3) is 0 Å². The summed E-state index contributed by atoms with van der Waals surface area (Å²) in [5.41, 5.74) is 0.543. The van der Waals surface area contributed by atoms with Crippen LogP contribution in [0.5, 0.6) is 5.75 Å². The van der Waals surface area contributed by atoms with Crippen molar-refractivity contribution in [3.05, 3.63) is 22.2 Å². The zero-order valence-electron chi connectivity index (χ0n) is 10.3. The van der Waals surface area contributed by atoms with Gasteiger partial charge in [0.2, 0.25) is 5.91 Å². The first-order valence-corrected chi connectivity index (χ1v) is 7.32. The molecule has 3 nitrogen and oxygen atoms in total. The monoisotopic (exact) mass is 299 g/mol. The Bertz CT molecular complexity index is 497. The van der Waals surface area contributed by atoms with Crippen LogP contribution in [0.2, 0.25) is 10.0 Å². The maximum absolute atomic E-state index is 12.2. The molecule has 5 heteroatoms. The van der Waals surface area contributed by atoms with E-state index in [2.05, 4.69) is 5.32 Å². The average molecular weight is 300 g/mol. The summed E-state index contributed by atoms with van der Waals surface area (Å²) in [7, 11) is 0. The number of phenols is 1.